The number of aromatic nitrogens is 3. The summed E-state index contributed by atoms with van der Waals surface area (Å²) in [4.78, 5) is 12.4. The van der Waals surface area contributed by atoms with Gasteiger partial charge in [0.2, 0.25) is 5.88 Å². The van der Waals surface area contributed by atoms with E-state index in [1.54, 1.807) is 12.3 Å². The average molecular weight is 265 g/mol. The Morgan fingerprint density at radius 2 is 1.80 bits per heavy atom. The third kappa shape index (κ3) is 2.14. The minimum absolute atomic E-state index is 0.193. The lowest BCUT2D eigenvalue weighted by Gasteiger charge is -2.09. The first-order valence-corrected chi connectivity index (χ1v) is 5.93. The number of pyridine rings is 1. The van der Waals surface area contributed by atoms with Gasteiger partial charge in [0, 0.05) is 24.0 Å². The number of fused-ring (bicyclic) bond motifs is 1. The molecular formula is C14H11N5O. The Morgan fingerprint density at radius 1 is 1.00 bits per heavy atom. The van der Waals surface area contributed by atoms with Crippen LogP contribution in [0.2, 0.25) is 0 Å². The third-order valence-corrected chi connectivity index (χ3v) is 2.72. The Kier molecular flexibility index (Phi) is 2.96. The normalized spacial score (nSPS) is 10.4. The second-order valence-electron chi connectivity index (χ2n) is 4.06. The van der Waals surface area contributed by atoms with Crippen molar-refractivity contribution in [3.63, 3.8) is 0 Å². The van der Waals surface area contributed by atoms with E-state index < -0.39 is 0 Å². The second-order valence-corrected chi connectivity index (χ2v) is 4.06. The van der Waals surface area contributed by atoms with Crippen LogP contribution in [0.15, 0.2) is 48.9 Å². The summed E-state index contributed by atoms with van der Waals surface area (Å²) < 4.78 is 5.73. The van der Waals surface area contributed by atoms with Crippen molar-refractivity contribution in [3.05, 3.63) is 54.6 Å². The van der Waals surface area contributed by atoms with E-state index in [4.69, 9.17) is 15.9 Å². The number of benzene rings is 1. The van der Waals surface area contributed by atoms with Crippen molar-refractivity contribution in [1.82, 2.24) is 15.0 Å². The van der Waals surface area contributed by atoms with Gasteiger partial charge in [0.1, 0.15) is 11.4 Å². The lowest BCUT2D eigenvalue weighted by molar-refractivity contribution is 0.463. The quantitative estimate of drug-likeness (QED) is 0.558. The molecule has 0 spiro atoms. The van der Waals surface area contributed by atoms with E-state index in [2.05, 4.69) is 15.0 Å². The van der Waals surface area contributed by atoms with Crippen molar-refractivity contribution in [2.75, 3.05) is 0 Å². The molecule has 6 heteroatoms. The van der Waals surface area contributed by atoms with Crippen LogP contribution in [0.3, 0.4) is 0 Å². The summed E-state index contributed by atoms with van der Waals surface area (Å²) >= 11 is 0. The van der Waals surface area contributed by atoms with E-state index in [9.17, 15) is 0 Å². The van der Waals surface area contributed by atoms with Crippen molar-refractivity contribution in [1.29, 1.82) is 5.41 Å². The van der Waals surface area contributed by atoms with Crippen molar-refractivity contribution >= 4 is 16.7 Å². The molecule has 0 radical (unpaired) electrons. The van der Waals surface area contributed by atoms with Crippen LogP contribution in [0.4, 0.5) is 0 Å². The molecule has 6 nitrogen and oxygen atoms in total. The first-order chi connectivity index (χ1) is 9.75. The maximum atomic E-state index is 7.48. The van der Waals surface area contributed by atoms with E-state index in [0.29, 0.717) is 5.75 Å². The monoisotopic (exact) mass is 265 g/mol. The van der Waals surface area contributed by atoms with Crippen LogP contribution < -0.4 is 10.5 Å². The standard InChI is InChI=1S/C14H11N5O/c15-13(16)12-14(19-8-7-18-12)20-10-5-1-3-9-4-2-6-17-11(9)10/h1-8H,(H3,15,16). The molecule has 20 heavy (non-hydrogen) atoms. The summed E-state index contributed by atoms with van der Waals surface area (Å²) in [6, 6.07) is 9.39. The Hall–Kier alpha value is -3.02. The van der Waals surface area contributed by atoms with Gasteiger partial charge in [0.15, 0.2) is 11.4 Å². The molecule has 0 aliphatic carbocycles. The van der Waals surface area contributed by atoms with Gasteiger partial charge in [-0.05, 0) is 12.1 Å². The first-order valence-electron chi connectivity index (χ1n) is 5.93. The predicted octanol–water partition coefficient (Wildman–Crippen LogP) is 2.10. The fourth-order valence-electron chi connectivity index (χ4n) is 1.85. The van der Waals surface area contributed by atoms with Gasteiger partial charge in [-0.3, -0.25) is 10.4 Å². The number of amidine groups is 1. The molecule has 98 valence electrons. The summed E-state index contributed by atoms with van der Waals surface area (Å²) in [6.07, 6.45) is 4.64. The Bertz CT molecular complexity index is 782. The number of nitrogens with zero attached hydrogens (tertiary/aromatic N) is 3. The van der Waals surface area contributed by atoms with Crippen LogP contribution in [0.5, 0.6) is 11.6 Å². The first kappa shape index (κ1) is 12.0. The largest absolute Gasteiger partial charge is 0.435 e. The number of hydrogen-bond acceptors (Lipinski definition) is 5. The summed E-state index contributed by atoms with van der Waals surface area (Å²) in [6.45, 7) is 0. The second kappa shape index (κ2) is 4.93. The summed E-state index contributed by atoms with van der Waals surface area (Å²) in [5.41, 5.74) is 6.39. The van der Waals surface area contributed by atoms with E-state index in [0.717, 1.165) is 10.9 Å². The van der Waals surface area contributed by atoms with Crippen LogP contribution >= 0.6 is 0 Å². The molecule has 3 aromatic rings. The maximum absolute atomic E-state index is 7.48. The highest BCUT2D eigenvalue weighted by Gasteiger charge is 2.12. The van der Waals surface area contributed by atoms with Gasteiger partial charge in [-0.2, -0.15) is 0 Å². The minimum Gasteiger partial charge on any atom is -0.435 e. The van der Waals surface area contributed by atoms with Gasteiger partial charge in [-0.25, -0.2) is 9.97 Å². The topological polar surface area (TPSA) is 97.8 Å². The van der Waals surface area contributed by atoms with Gasteiger partial charge >= 0.3 is 0 Å². The van der Waals surface area contributed by atoms with Gasteiger partial charge in [-0.1, -0.05) is 18.2 Å². The van der Waals surface area contributed by atoms with Crippen molar-refractivity contribution in [2.24, 2.45) is 5.73 Å². The van der Waals surface area contributed by atoms with Crippen LogP contribution in [-0.2, 0) is 0 Å². The maximum Gasteiger partial charge on any atom is 0.249 e. The molecule has 0 saturated heterocycles. The van der Waals surface area contributed by atoms with Gasteiger partial charge in [0.05, 0.1) is 0 Å². The fourth-order valence-corrected chi connectivity index (χ4v) is 1.85. The number of rotatable bonds is 3. The molecule has 0 aliphatic rings. The molecular weight excluding hydrogens is 254 g/mol. The van der Waals surface area contributed by atoms with E-state index in [1.165, 1.54) is 12.4 Å². The fraction of sp³-hybridized carbons (Fsp3) is 0. The number of para-hydroxylation sites is 1. The zero-order valence-electron chi connectivity index (χ0n) is 10.4. The predicted molar refractivity (Wildman–Crippen MR) is 74.9 cm³/mol. The molecule has 0 fully saturated rings. The zero-order chi connectivity index (χ0) is 13.9. The molecule has 3 rings (SSSR count). The number of hydrogen-bond donors (Lipinski definition) is 2. The van der Waals surface area contributed by atoms with Crippen LogP contribution in [0.1, 0.15) is 5.69 Å². The summed E-state index contributed by atoms with van der Waals surface area (Å²) in [5.74, 6) is 0.547. The molecule has 2 heterocycles. The average Bonchev–Trinajstić information content (AvgIpc) is 2.48. The molecule has 0 aliphatic heterocycles. The number of nitrogens with one attached hydrogen (secondary N) is 1. The van der Waals surface area contributed by atoms with Crippen molar-refractivity contribution < 1.29 is 4.74 Å². The highest BCUT2D eigenvalue weighted by Crippen LogP contribution is 2.28. The number of nitrogens with two attached hydrogens (primary N) is 1. The molecule has 0 amide bonds. The van der Waals surface area contributed by atoms with Crippen LogP contribution in [0.25, 0.3) is 10.9 Å². The highest BCUT2D eigenvalue weighted by atomic mass is 16.5. The van der Waals surface area contributed by atoms with Crippen molar-refractivity contribution in [3.8, 4) is 11.6 Å². The molecule has 0 atom stereocenters. The molecule has 3 N–H and O–H groups in total. The van der Waals surface area contributed by atoms with Gasteiger partial charge in [0.25, 0.3) is 0 Å². The molecule has 0 unspecified atom stereocenters. The molecule has 0 bridgehead atoms. The van der Waals surface area contributed by atoms with Gasteiger partial charge < -0.3 is 10.5 Å². The number of ether oxygens (including phenoxy) is 1. The Labute approximate surface area is 114 Å². The van der Waals surface area contributed by atoms with Gasteiger partial charge in [-0.15, -0.1) is 0 Å². The van der Waals surface area contributed by atoms with Crippen LogP contribution in [0, 0.1) is 5.41 Å². The lowest BCUT2D eigenvalue weighted by atomic mass is 10.2. The molecule has 2 aromatic heterocycles. The minimum atomic E-state index is -0.193. The Morgan fingerprint density at radius 3 is 2.65 bits per heavy atom. The molecule has 0 saturated carbocycles. The van der Waals surface area contributed by atoms with Crippen molar-refractivity contribution in [2.45, 2.75) is 0 Å². The van der Waals surface area contributed by atoms with Crippen LogP contribution in [-0.4, -0.2) is 20.8 Å². The summed E-state index contributed by atoms with van der Waals surface area (Å²) in [5, 5.41) is 8.44. The smallest absolute Gasteiger partial charge is 0.249 e. The van der Waals surface area contributed by atoms with E-state index >= 15 is 0 Å². The highest BCUT2D eigenvalue weighted by molar-refractivity contribution is 5.95. The van der Waals surface area contributed by atoms with E-state index in [1.807, 2.05) is 24.3 Å². The SMILES string of the molecule is N=C(N)c1nccnc1Oc1cccc2cccnc12. The zero-order valence-corrected chi connectivity index (χ0v) is 10.4. The van der Waals surface area contributed by atoms with E-state index in [-0.39, 0.29) is 17.4 Å². The molecule has 1 aromatic carbocycles. The third-order valence-electron chi connectivity index (χ3n) is 2.72. The number of nitrogen functional groups attached to an aromatic ring is 1. The Balaban J connectivity index is 2.08. The lowest BCUT2D eigenvalue weighted by Crippen LogP contribution is -2.15. The summed E-state index contributed by atoms with van der Waals surface area (Å²) in [7, 11) is 0.